The molecule has 1 atom stereocenters. The summed E-state index contributed by atoms with van der Waals surface area (Å²) in [5.74, 6) is 0.436. The topological polar surface area (TPSA) is 49.3 Å². The van der Waals surface area contributed by atoms with Gasteiger partial charge in [-0.3, -0.25) is 4.79 Å². The first-order valence-corrected chi connectivity index (χ1v) is 8.10. The number of aryl methyl sites for hydroxylation is 2. The molecule has 1 unspecified atom stereocenters. The molecule has 3 heteroatoms. The number of aliphatic hydroxyl groups is 1. The van der Waals surface area contributed by atoms with E-state index in [0.29, 0.717) is 18.9 Å². The predicted molar refractivity (Wildman–Crippen MR) is 85.3 cm³/mol. The van der Waals surface area contributed by atoms with Crippen LogP contribution in [0.15, 0.2) is 18.2 Å². The van der Waals surface area contributed by atoms with Gasteiger partial charge in [-0.15, -0.1) is 0 Å². The molecule has 0 spiro atoms. The van der Waals surface area contributed by atoms with E-state index in [1.165, 1.54) is 30.4 Å². The molecular weight excluding hydrogens is 262 g/mol. The van der Waals surface area contributed by atoms with Gasteiger partial charge in [-0.25, -0.2) is 0 Å². The quantitative estimate of drug-likeness (QED) is 0.846. The van der Waals surface area contributed by atoms with Gasteiger partial charge in [-0.1, -0.05) is 32.0 Å². The molecule has 2 N–H and O–H groups in total. The van der Waals surface area contributed by atoms with Gasteiger partial charge >= 0.3 is 0 Å². The lowest BCUT2D eigenvalue weighted by atomic mass is 9.90. The van der Waals surface area contributed by atoms with Crippen molar-refractivity contribution in [1.29, 1.82) is 0 Å². The average molecular weight is 289 g/mol. The highest BCUT2D eigenvalue weighted by atomic mass is 16.3. The Morgan fingerprint density at radius 2 is 1.95 bits per heavy atom. The van der Waals surface area contributed by atoms with Crippen molar-refractivity contribution in [1.82, 2.24) is 5.32 Å². The van der Waals surface area contributed by atoms with Crippen LogP contribution in [0.5, 0.6) is 0 Å². The summed E-state index contributed by atoms with van der Waals surface area (Å²) >= 11 is 0. The second-order valence-electron chi connectivity index (χ2n) is 6.57. The molecule has 0 aliphatic heterocycles. The third-order valence-electron chi connectivity index (χ3n) is 4.06. The van der Waals surface area contributed by atoms with Gasteiger partial charge in [0, 0.05) is 6.54 Å². The number of carbonyl (C=O) groups is 1. The Hall–Kier alpha value is -1.35. The number of hydrogen-bond acceptors (Lipinski definition) is 2. The Bertz CT molecular complexity index is 482. The Morgan fingerprint density at radius 1 is 1.24 bits per heavy atom. The first-order chi connectivity index (χ1) is 10.0. The number of nitrogens with one attached hydrogen (secondary N) is 1. The van der Waals surface area contributed by atoms with E-state index < -0.39 is 6.10 Å². The van der Waals surface area contributed by atoms with Crippen LogP contribution >= 0.6 is 0 Å². The Balaban J connectivity index is 1.82. The molecule has 1 aliphatic carbocycles. The molecule has 2 rings (SSSR count). The van der Waals surface area contributed by atoms with E-state index in [1.54, 1.807) is 0 Å². The smallest absolute Gasteiger partial charge is 0.224 e. The minimum absolute atomic E-state index is 0.00596. The fourth-order valence-corrected chi connectivity index (χ4v) is 3.00. The molecule has 0 radical (unpaired) electrons. The van der Waals surface area contributed by atoms with Crippen LogP contribution in [0.2, 0.25) is 0 Å². The standard InChI is InChI=1S/C18H27NO2/c1-13(2)9-17(20)12-19-18(21)11-14-7-8-15-5-3-4-6-16(15)10-14/h7-8,10,13,17,20H,3-6,9,11-12H2,1-2H3,(H,19,21). The van der Waals surface area contributed by atoms with Crippen LogP contribution in [-0.2, 0) is 24.1 Å². The summed E-state index contributed by atoms with van der Waals surface area (Å²) in [7, 11) is 0. The molecule has 0 saturated heterocycles. The summed E-state index contributed by atoms with van der Waals surface area (Å²) in [5.41, 5.74) is 3.93. The molecule has 21 heavy (non-hydrogen) atoms. The maximum atomic E-state index is 11.9. The van der Waals surface area contributed by atoms with Crippen LogP contribution < -0.4 is 5.32 Å². The molecule has 1 aliphatic rings. The third-order valence-corrected chi connectivity index (χ3v) is 4.06. The maximum Gasteiger partial charge on any atom is 0.224 e. The second kappa shape index (κ2) is 7.60. The van der Waals surface area contributed by atoms with Crippen molar-refractivity contribution >= 4 is 5.91 Å². The van der Waals surface area contributed by atoms with Crippen molar-refractivity contribution < 1.29 is 9.90 Å². The number of fused-ring (bicyclic) bond motifs is 1. The van der Waals surface area contributed by atoms with E-state index in [2.05, 4.69) is 37.4 Å². The highest BCUT2D eigenvalue weighted by molar-refractivity contribution is 5.78. The summed E-state index contributed by atoms with van der Waals surface area (Å²) in [5, 5.41) is 12.6. The SMILES string of the molecule is CC(C)CC(O)CNC(=O)Cc1ccc2c(c1)CCCC2. The first-order valence-electron chi connectivity index (χ1n) is 8.10. The number of carbonyl (C=O) groups excluding carboxylic acids is 1. The fourth-order valence-electron chi connectivity index (χ4n) is 3.00. The lowest BCUT2D eigenvalue weighted by Crippen LogP contribution is -2.33. The van der Waals surface area contributed by atoms with E-state index in [4.69, 9.17) is 0 Å². The zero-order valence-electron chi connectivity index (χ0n) is 13.2. The molecule has 1 amide bonds. The summed E-state index contributed by atoms with van der Waals surface area (Å²) in [6.45, 7) is 4.48. The Morgan fingerprint density at radius 3 is 2.67 bits per heavy atom. The van der Waals surface area contributed by atoms with Crippen molar-refractivity contribution in [3.63, 3.8) is 0 Å². The van der Waals surface area contributed by atoms with E-state index >= 15 is 0 Å². The summed E-state index contributed by atoms with van der Waals surface area (Å²) in [4.78, 5) is 11.9. The van der Waals surface area contributed by atoms with Gasteiger partial charge in [-0.2, -0.15) is 0 Å². The van der Waals surface area contributed by atoms with E-state index in [0.717, 1.165) is 18.4 Å². The van der Waals surface area contributed by atoms with Crippen LogP contribution in [0, 0.1) is 5.92 Å². The van der Waals surface area contributed by atoms with E-state index in [1.807, 2.05) is 0 Å². The molecule has 0 aromatic heterocycles. The van der Waals surface area contributed by atoms with Crippen LogP contribution in [-0.4, -0.2) is 23.7 Å². The monoisotopic (exact) mass is 289 g/mol. The summed E-state index contributed by atoms with van der Waals surface area (Å²) in [6.07, 6.45) is 5.52. The molecule has 0 heterocycles. The van der Waals surface area contributed by atoms with Crippen molar-refractivity contribution in [2.45, 2.75) is 58.5 Å². The van der Waals surface area contributed by atoms with E-state index in [9.17, 15) is 9.90 Å². The van der Waals surface area contributed by atoms with E-state index in [-0.39, 0.29) is 5.91 Å². The third kappa shape index (κ3) is 5.16. The van der Waals surface area contributed by atoms with Crippen molar-refractivity contribution in [3.8, 4) is 0 Å². The average Bonchev–Trinajstić information content (AvgIpc) is 2.44. The zero-order valence-corrected chi connectivity index (χ0v) is 13.2. The number of hydrogen-bond donors (Lipinski definition) is 2. The van der Waals surface area contributed by atoms with Gasteiger partial charge in [-0.05, 0) is 54.7 Å². The second-order valence-corrected chi connectivity index (χ2v) is 6.57. The minimum Gasteiger partial charge on any atom is -0.391 e. The van der Waals surface area contributed by atoms with Gasteiger partial charge in [0.15, 0.2) is 0 Å². The number of benzene rings is 1. The number of aliphatic hydroxyl groups excluding tert-OH is 1. The van der Waals surface area contributed by atoms with Crippen LogP contribution in [0.3, 0.4) is 0 Å². The molecule has 0 bridgehead atoms. The normalized spacial score (nSPS) is 15.6. The molecule has 1 aromatic rings. The van der Waals surface area contributed by atoms with Gasteiger partial charge < -0.3 is 10.4 Å². The molecule has 0 fully saturated rings. The maximum absolute atomic E-state index is 11.9. The highest BCUT2D eigenvalue weighted by Crippen LogP contribution is 2.22. The van der Waals surface area contributed by atoms with Crippen molar-refractivity contribution in [2.75, 3.05) is 6.54 Å². The van der Waals surface area contributed by atoms with Crippen molar-refractivity contribution in [3.05, 3.63) is 34.9 Å². The van der Waals surface area contributed by atoms with Crippen LogP contribution in [0.4, 0.5) is 0 Å². The van der Waals surface area contributed by atoms with Crippen molar-refractivity contribution in [2.24, 2.45) is 5.92 Å². The molecule has 116 valence electrons. The van der Waals surface area contributed by atoms with Crippen LogP contribution in [0.1, 0.15) is 49.8 Å². The van der Waals surface area contributed by atoms with Gasteiger partial charge in [0.25, 0.3) is 0 Å². The largest absolute Gasteiger partial charge is 0.391 e. The number of rotatable bonds is 6. The lowest BCUT2D eigenvalue weighted by molar-refractivity contribution is -0.120. The Kier molecular flexibility index (Phi) is 5.80. The lowest BCUT2D eigenvalue weighted by Gasteiger charge is -2.17. The molecule has 0 saturated carbocycles. The summed E-state index contributed by atoms with van der Waals surface area (Å²) in [6, 6.07) is 6.41. The molecule has 3 nitrogen and oxygen atoms in total. The Labute approximate surface area is 127 Å². The minimum atomic E-state index is -0.447. The van der Waals surface area contributed by atoms with Gasteiger partial charge in [0.2, 0.25) is 5.91 Å². The zero-order chi connectivity index (χ0) is 15.2. The van der Waals surface area contributed by atoms with Crippen LogP contribution in [0.25, 0.3) is 0 Å². The highest BCUT2D eigenvalue weighted by Gasteiger charge is 2.12. The fraction of sp³-hybridized carbons (Fsp3) is 0.611. The first kappa shape index (κ1) is 16.0. The summed E-state index contributed by atoms with van der Waals surface area (Å²) < 4.78 is 0. The molecule has 1 aromatic carbocycles. The van der Waals surface area contributed by atoms with Gasteiger partial charge in [0.1, 0.15) is 0 Å². The molecular formula is C18H27NO2. The van der Waals surface area contributed by atoms with Gasteiger partial charge in [0.05, 0.1) is 12.5 Å². The number of amides is 1. The predicted octanol–water partition coefficient (Wildman–Crippen LogP) is 2.63.